The number of fused-ring (bicyclic) bond motifs is 2. The average molecular weight is 407 g/mol. The summed E-state index contributed by atoms with van der Waals surface area (Å²) in [5.41, 5.74) is 0.937. The molecule has 2 aromatic heterocycles. The summed E-state index contributed by atoms with van der Waals surface area (Å²) in [6.45, 7) is 3.50. The number of aromatic nitrogens is 3. The molecule has 2 unspecified atom stereocenters. The van der Waals surface area contributed by atoms with Crippen LogP contribution in [-0.2, 0) is 4.74 Å². The Morgan fingerprint density at radius 1 is 1.25 bits per heavy atom. The molecular weight excluding hydrogens is 384 g/mol. The molecule has 9 heteroatoms. The monoisotopic (exact) mass is 407 g/mol. The second-order valence-corrected chi connectivity index (χ2v) is 8.86. The van der Waals surface area contributed by atoms with Crippen LogP contribution in [0.15, 0.2) is 11.4 Å². The summed E-state index contributed by atoms with van der Waals surface area (Å²) in [6.07, 6.45) is 2.03. The van der Waals surface area contributed by atoms with Crippen molar-refractivity contribution < 1.29 is 13.5 Å². The topological polar surface area (TPSA) is 63.2 Å². The van der Waals surface area contributed by atoms with Gasteiger partial charge in [-0.1, -0.05) is 0 Å². The van der Waals surface area contributed by atoms with Crippen LogP contribution in [0.1, 0.15) is 37.8 Å². The Hall–Kier alpha value is -1.87. The molecule has 1 aliphatic carbocycles. The number of aryl methyl sites for hydroxylation is 1. The minimum absolute atomic E-state index is 0.00613. The standard InChI is InChI=1S/C19H23F2N5OS/c1-11-10-28-18(22-11)17-24-15(23-12-2-4-19(20,21)5-3-12)7-16(25-17)26-8-14-6-13(26)9-27-14/h7,10,12-14H,2-6,8-9H2,1H3,(H,23,24,25). The SMILES string of the molecule is Cc1csc(-c2nc(NC3CCC(F)(F)CC3)cc(N3CC4CC3CO4)n2)n1. The molecule has 3 fully saturated rings. The summed E-state index contributed by atoms with van der Waals surface area (Å²) < 4.78 is 32.7. The first-order valence-corrected chi connectivity index (χ1v) is 10.7. The Morgan fingerprint density at radius 2 is 2.07 bits per heavy atom. The van der Waals surface area contributed by atoms with Gasteiger partial charge in [0, 0.05) is 42.6 Å². The first-order valence-electron chi connectivity index (χ1n) is 9.79. The van der Waals surface area contributed by atoms with E-state index in [1.165, 1.54) is 11.3 Å². The molecule has 0 amide bonds. The maximum absolute atomic E-state index is 13.5. The highest BCUT2D eigenvalue weighted by molar-refractivity contribution is 7.13. The van der Waals surface area contributed by atoms with Gasteiger partial charge in [0.05, 0.1) is 18.8 Å². The van der Waals surface area contributed by atoms with Crippen molar-refractivity contribution in [3.63, 3.8) is 0 Å². The lowest BCUT2D eigenvalue weighted by Crippen LogP contribution is -2.37. The summed E-state index contributed by atoms with van der Waals surface area (Å²) in [4.78, 5) is 16.2. The van der Waals surface area contributed by atoms with Crippen LogP contribution in [0.25, 0.3) is 10.8 Å². The van der Waals surface area contributed by atoms with Crippen LogP contribution in [0.2, 0.25) is 0 Å². The zero-order valence-electron chi connectivity index (χ0n) is 15.7. The molecule has 0 spiro atoms. The van der Waals surface area contributed by atoms with Crippen LogP contribution in [0.3, 0.4) is 0 Å². The van der Waals surface area contributed by atoms with Crippen molar-refractivity contribution in [2.45, 2.75) is 63.1 Å². The lowest BCUT2D eigenvalue weighted by Gasteiger charge is -2.30. The second kappa shape index (κ2) is 6.88. The molecule has 0 radical (unpaired) electrons. The summed E-state index contributed by atoms with van der Waals surface area (Å²) in [5, 5.41) is 6.13. The molecule has 4 heterocycles. The first-order chi connectivity index (χ1) is 13.4. The number of hydrogen-bond donors (Lipinski definition) is 1. The molecule has 150 valence electrons. The van der Waals surface area contributed by atoms with Gasteiger partial charge in [-0.3, -0.25) is 0 Å². The van der Waals surface area contributed by atoms with Gasteiger partial charge in [-0.05, 0) is 26.2 Å². The van der Waals surface area contributed by atoms with Crippen molar-refractivity contribution in [1.29, 1.82) is 0 Å². The zero-order valence-corrected chi connectivity index (χ0v) is 16.5. The number of halogens is 2. The van der Waals surface area contributed by atoms with E-state index in [0.717, 1.165) is 36.1 Å². The maximum atomic E-state index is 13.5. The van der Waals surface area contributed by atoms with E-state index in [4.69, 9.17) is 9.72 Å². The van der Waals surface area contributed by atoms with E-state index in [2.05, 4.69) is 20.2 Å². The number of ether oxygens (including phenoxy) is 1. The number of thiazole rings is 1. The third-order valence-corrected chi connectivity index (χ3v) is 6.74. The zero-order chi connectivity index (χ0) is 19.3. The fraction of sp³-hybridized carbons (Fsp3) is 0.632. The van der Waals surface area contributed by atoms with Crippen molar-refractivity contribution in [2.24, 2.45) is 0 Å². The van der Waals surface area contributed by atoms with Crippen LogP contribution in [0.4, 0.5) is 20.4 Å². The lowest BCUT2D eigenvalue weighted by atomic mass is 9.92. The maximum Gasteiger partial charge on any atom is 0.248 e. The van der Waals surface area contributed by atoms with Gasteiger partial charge in [-0.2, -0.15) is 0 Å². The molecule has 6 nitrogen and oxygen atoms in total. The molecule has 28 heavy (non-hydrogen) atoms. The highest BCUT2D eigenvalue weighted by Crippen LogP contribution is 2.36. The largest absolute Gasteiger partial charge is 0.374 e. The number of anilines is 2. The van der Waals surface area contributed by atoms with Crippen molar-refractivity contribution in [1.82, 2.24) is 15.0 Å². The average Bonchev–Trinajstić information content (AvgIpc) is 3.40. The van der Waals surface area contributed by atoms with Gasteiger partial charge in [0.1, 0.15) is 11.6 Å². The summed E-state index contributed by atoms with van der Waals surface area (Å²) >= 11 is 1.52. The Kier molecular flexibility index (Phi) is 4.46. The van der Waals surface area contributed by atoms with Crippen LogP contribution in [0, 0.1) is 6.92 Å². The van der Waals surface area contributed by atoms with Crippen molar-refractivity contribution >= 4 is 23.0 Å². The summed E-state index contributed by atoms with van der Waals surface area (Å²) in [5.74, 6) is -0.403. The number of nitrogens with zero attached hydrogens (tertiary/aromatic N) is 4. The first kappa shape index (κ1) is 18.2. The van der Waals surface area contributed by atoms with Crippen molar-refractivity contribution in [3.05, 3.63) is 17.1 Å². The van der Waals surface area contributed by atoms with Gasteiger partial charge in [0.25, 0.3) is 0 Å². The predicted octanol–water partition coefficient (Wildman–Crippen LogP) is 3.88. The van der Waals surface area contributed by atoms with Gasteiger partial charge in [0.15, 0.2) is 10.8 Å². The van der Waals surface area contributed by atoms with E-state index >= 15 is 0 Å². The second-order valence-electron chi connectivity index (χ2n) is 8.00. The summed E-state index contributed by atoms with van der Waals surface area (Å²) in [7, 11) is 0. The third kappa shape index (κ3) is 3.57. The highest BCUT2D eigenvalue weighted by Gasteiger charge is 2.40. The smallest absolute Gasteiger partial charge is 0.248 e. The van der Waals surface area contributed by atoms with Crippen LogP contribution >= 0.6 is 11.3 Å². The Balaban J connectivity index is 1.43. The molecule has 2 aliphatic heterocycles. The van der Waals surface area contributed by atoms with Gasteiger partial charge in [0.2, 0.25) is 5.92 Å². The summed E-state index contributed by atoms with van der Waals surface area (Å²) in [6, 6.07) is 2.29. The van der Waals surface area contributed by atoms with Crippen LogP contribution < -0.4 is 10.2 Å². The number of alkyl halides is 2. The molecule has 5 rings (SSSR count). The molecule has 1 N–H and O–H groups in total. The molecule has 2 saturated heterocycles. The molecule has 1 saturated carbocycles. The van der Waals surface area contributed by atoms with E-state index in [9.17, 15) is 8.78 Å². The van der Waals surface area contributed by atoms with E-state index < -0.39 is 5.92 Å². The van der Waals surface area contributed by atoms with E-state index in [-0.39, 0.29) is 25.0 Å². The van der Waals surface area contributed by atoms with E-state index in [1.54, 1.807) is 0 Å². The molecule has 0 aromatic carbocycles. The molecule has 2 bridgehead atoms. The van der Waals surface area contributed by atoms with E-state index in [1.807, 2.05) is 18.4 Å². The van der Waals surface area contributed by atoms with Crippen LogP contribution in [-0.4, -0.2) is 52.2 Å². The van der Waals surface area contributed by atoms with Crippen molar-refractivity contribution in [3.8, 4) is 10.8 Å². The van der Waals surface area contributed by atoms with Gasteiger partial charge in [-0.15, -0.1) is 11.3 Å². The molecule has 2 aromatic rings. The van der Waals surface area contributed by atoms with Gasteiger partial charge in [-0.25, -0.2) is 23.7 Å². The fourth-order valence-corrected chi connectivity index (χ4v) is 5.01. The lowest BCUT2D eigenvalue weighted by molar-refractivity contribution is -0.0361. The van der Waals surface area contributed by atoms with Gasteiger partial charge >= 0.3 is 0 Å². The van der Waals surface area contributed by atoms with Gasteiger partial charge < -0.3 is 15.0 Å². The normalized spacial score (nSPS) is 26.8. The minimum atomic E-state index is -2.53. The van der Waals surface area contributed by atoms with Crippen LogP contribution in [0.5, 0.6) is 0 Å². The highest BCUT2D eigenvalue weighted by atomic mass is 32.1. The Morgan fingerprint density at radius 3 is 2.71 bits per heavy atom. The predicted molar refractivity (Wildman–Crippen MR) is 104 cm³/mol. The third-order valence-electron chi connectivity index (χ3n) is 5.79. The number of rotatable bonds is 4. The Bertz CT molecular complexity index is 866. The minimum Gasteiger partial charge on any atom is -0.374 e. The number of morpholine rings is 1. The number of nitrogens with one attached hydrogen (secondary N) is 1. The molecule has 2 atom stereocenters. The fourth-order valence-electron chi connectivity index (χ4n) is 4.28. The Labute approximate surface area is 166 Å². The number of hydrogen-bond acceptors (Lipinski definition) is 7. The van der Waals surface area contributed by atoms with E-state index in [0.29, 0.717) is 30.5 Å². The molecular formula is C19H23F2N5OS. The van der Waals surface area contributed by atoms with Crippen molar-refractivity contribution in [2.75, 3.05) is 23.4 Å². The molecule has 3 aliphatic rings. The quantitative estimate of drug-likeness (QED) is 0.830.